The maximum Gasteiger partial charge on any atom is 0.330 e. The third kappa shape index (κ3) is 3.51. The normalized spacial score (nSPS) is 18.7. The number of likely N-dealkylation sites (tertiary alicyclic amines) is 1. The molecule has 0 unspecified atom stereocenters. The molecule has 5 nitrogen and oxygen atoms in total. The number of rotatable bonds is 4. The first kappa shape index (κ1) is 16.7. The van der Waals surface area contributed by atoms with Gasteiger partial charge in [-0.05, 0) is 31.4 Å². The Morgan fingerprint density at radius 1 is 1.04 bits per heavy atom. The zero-order valence-corrected chi connectivity index (χ0v) is 14.4. The van der Waals surface area contributed by atoms with E-state index < -0.39 is 0 Å². The predicted molar refractivity (Wildman–Crippen MR) is 95.1 cm³/mol. The van der Waals surface area contributed by atoms with Gasteiger partial charge in [0, 0.05) is 38.4 Å². The lowest BCUT2D eigenvalue weighted by Gasteiger charge is -2.36. The lowest BCUT2D eigenvalue weighted by atomic mass is 9.95. The average Bonchev–Trinajstić information content (AvgIpc) is 2.60. The van der Waals surface area contributed by atoms with E-state index in [-0.39, 0.29) is 11.2 Å². The summed E-state index contributed by atoms with van der Waals surface area (Å²) >= 11 is 0. The fourth-order valence-electron chi connectivity index (χ4n) is 3.52. The monoisotopic (exact) mass is 327 g/mol. The summed E-state index contributed by atoms with van der Waals surface area (Å²) in [4.78, 5) is 26.5. The van der Waals surface area contributed by atoms with Gasteiger partial charge in [0.05, 0.1) is 0 Å². The van der Waals surface area contributed by atoms with Gasteiger partial charge in [0.25, 0.3) is 5.56 Å². The highest BCUT2D eigenvalue weighted by atomic mass is 16.2. The zero-order valence-electron chi connectivity index (χ0n) is 14.4. The van der Waals surface area contributed by atoms with Crippen LogP contribution in [0, 0.1) is 0 Å². The highest BCUT2D eigenvalue weighted by molar-refractivity contribution is 5.16. The summed E-state index contributed by atoms with van der Waals surface area (Å²) in [6.45, 7) is 1.67. The first-order chi connectivity index (χ1) is 11.6. The van der Waals surface area contributed by atoms with Gasteiger partial charge in [0.2, 0.25) is 0 Å². The first-order valence-electron chi connectivity index (χ1n) is 8.60. The van der Waals surface area contributed by atoms with Crippen LogP contribution in [0.15, 0.2) is 46.0 Å². The summed E-state index contributed by atoms with van der Waals surface area (Å²) < 4.78 is 2.75. The average molecular weight is 327 g/mol. The molecule has 0 bridgehead atoms. The van der Waals surface area contributed by atoms with E-state index in [1.165, 1.54) is 25.5 Å². The van der Waals surface area contributed by atoms with Crippen LogP contribution in [0.25, 0.3) is 0 Å². The number of hydrogen-bond donors (Lipinski definition) is 0. The highest BCUT2D eigenvalue weighted by Gasteiger charge is 2.23. The molecule has 1 saturated heterocycles. The van der Waals surface area contributed by atoms with E-state index in [0.29, 0.717) is 12.6 Å². The second kappa shape index (κ2) is 7.18. The molecule has 0 saturated carbocycles. The molecular formula is C19H25N3O2. The van der Waals surface area contributed by atoms with Gasteiger partial charge in [-0.1, -0.05) is 36.8 Å². The standard InChI is InChI=1S/C19H25N3O2/c1-20-17(13-18(23)21(2)19(20)24)14-22-11-7-6-10-16(22)12-15-8-4-3-5-9-15/h3-5,8-9,13,16H,6-7,10-12,14H2,1-2H3/t16-/m0/s1. The molecule has 3 rings (SSSR count). The predicted octanol–water partition coefficient (Wildman–Crippen LogP) is 1.68. The Morgan fingerprint density at radius 3 is 2.54 bits per heavy atom. The molecule has 2 heterocycles. The Labute approximate surface area is 142 Å². The Morgan fingerprint density at radius 2 is 1.79 bits per heavy atom. The van der Waals surface area contributed by atoms with Crippen molar-refractivity contribution in [2.24, 2.45) is 14.1 Å². The van der Waals surface area contributed by atoms with Gasteiger partial charge in [-0.15, -0.1) is 0 Å². The van der Waals surface area contributed by atoms with Gasteiger partial charge < -0.3 is 0 Å². The van der Waals surface area contributed by atoms with Crippen molar-refractivity contribution < 1.29 is 0 Å². The number of hydrogen-bond acceptors (Lipinski definition) is 3. The van der Waals surface area contributed by atoms with E-state index in [1.807, 2.05) is 6.07 Å². The molecule has 5 heteroatoms. The molecule has 1 aromatic heterocycles. The largest absolute Gasteiger partial charge is 0.330 e. The molecule has 1 aromatic carbocycles. The van der Waals surface area contributed by atoms with Crippen LogP contribution >= 0.6 is 0 Å². The Balaban J connectivity index is 1.82. The molecule has 1 aliphatic rings. The van der Waals surface area contributed by atoms with E-state index in [9.17, 15) is 9.59 Å². The van der Waals surface area contributed by atoms with E-state index in [0.717, 1.165) is 29.6 Å². The smallest absolute Gasteiger partial charge is 0.299 e. The molecular weight excluding hydrogens is 302 g/mol. The van der Waals surface area contributed by atoms with Crippen LogP contribution in [-0.2, 0) is 27.1 Å². The van der Waals surface area contributed by atoms with Crippen molar-refractivity contribution in [2.45, 2.75) is 38.3 Å². The van der Waals surface area contributed by atoms with Crippen molar-refractivity contribution in [3.63, 3.8) is 0 Å². The molecule has 1 aliphatic heterocycles. The number of nitrogens with zero attached hydrogens (tertiary/aromatic N) is 3. The fourth-order valence-corrected chi connectivity index (χ4v) is 3.52. The number of benzene rings is 1. The second-order valence-corrected chi connectivity index (χ2v) is 6.68. The molecule has 0 amide bonds. The highest BCUT2D eigenvalue weighted by Crippen LogP contribution is 2.22. The summed E-state index contributed by atoms with van der Waals surface area (Å²) in [5.41, 5.74) is 1.65. The lowest BCUT2D eigenvalue weighted by Crippen LogP contribution is -2.43. The second-order valence-electron chi connectivity index (χ2n) is 6.68. The minimum atomic E-state index is -0.255. The molecule has 1 atom stereocenters. The van der Waals surface area contributed by atoms with Crippen molar-refractivity contribution in [2.75, 3.05) is 6.54 Å². The molecule has 0 radical (unpaired) electrons. The lowest BCUT2D eigenvalue weighted by molar-refractivity contribution is 0.135. The minimum Gasteiger partial charge on any atom is -0.299 e. The molecule has 24 heavy (non-hydrogen) atoms. The van der Waals surface area contributed by atoms with E-state index in [1.54, 1.807) is 17.7 Å². The number of piperidine rings is 1. The Hall–Kier alpha value is -2.14. The van der Waals surface area contributed by atoms with Crippen LogP contribution in [0.2, 0.25) is 0 Å². The van der Waals surface area contributed by atoms with Crippen molar-refractivity contribution >= 4 is 0 Å². The maximum absolute atomic E-state index is 12.1. The number of aromatic nitrogens is 2. The quantitative estimate of drug-likeness (QED) is 0.858. The fraction of sp³-hybridized carbons (Fsp3) is 0.474. The summed E-state index contributed by atoms with van der Waals surface area (Å²) in [6, 6.07) is 12.6. The summed E-state index contributed by atoms with van der Waals surface area (Å²) in [6.07, 6.45) is 4.58. The van der Waals surface area contributed by atoms with E-state index >= 15 is 0 Å². The Bertz CT molecular complexity index is 808. The van der Waals surface area contributed by atoms with Gasteiger partial charge in [-0.3, -0.25) is 18.8 Å². The van der Waals surface area contributed by atoms with Crippen LogP contribution in [0.1, 0.15) is 30.5 Å². The SMILES string of the molecule is Cn1c(CN2CCCC[C@H]2Cc2ccccc2)cc(=O)n(C)c1=O. The molecule has 0 N–H and O–H groups in total. The summed E-state index contributed by atoms with van der Waals surface area (Å²) in [5.74, 6) is 0. The van der Waals surface area contributed by atoms with Gasteiger partial charge >= 0.3 is 5.69 Å². The van der Waals surface area contributed by atoms with Crippen molar-refractivity contribution in [1.82, 2.24) is 14.0 Å². The third-order valence-corrected chi connectivity index (χ3v) is 5.05. The van der Waals surface area contributed by atoms with Crippen LogP contribution in [-0.4, -0.2) is 26.6 Å². The van der Waals surface area contributed by atoms with Gasteiger partial charge in [-0.25, -0.2) is 4.79 Å². The topological polar surface area (TPSA) is 47.2 Å². The molecule has 0 aliphatic carbocycles. The molecule has 2 aromatic rings. The van der Waals surface area contributed by atoms with E-state index in [4.69, 9.17) is 0 Å². The van der Waals surface area contributed by atoms with Crippen LogP contribution in [0.3, 0.4) is 0 Å². The van der Waals surface area contributed by atoms with Crippen LogP contribution in [0.5, 0.6) is 0 Å². The van der Waals surface area contributed by atoms with E-state index in [2.05, 4.69) is 29.2 Å². The van der Waals surface area contributed by atoms with Crippen LogP contribution in [0.4, 0.5) is 0 Å². The van der Waals surface area contributed by atoms with Gasteiger partial charge in [0.15, 0.2) is 0 Å². The van der Waals surface area contributed by atoms with Crippen molar-refractivity contribution in [3.8, 4) is 0 Å². The maximum atomic E-state index is 12.1. The van der Waals surface area contributed by atoms with Gasteiger partial charge in [-0.2, -0.15) is 0 Å². The minimum absolute atomic E-state index is 0.232. The molecule has 0 spiro atoms. The van der Waals surface area contributed by atoms with Crippen LogP contribution < -0.4 is 11.2 Å². The zero-order chi connectivity index (χ0) is 17.1. The molecule has 1 fully saturated rings. The first-order valence-corrected chi connectivity index (χ1v) is 8.60. The summed E-state index contributed by atoms with van der Waals surface area (Å²) in [7, 11) is 3.26. The Kier molecular flexibility index (Phi) is 5.00. The van der Waals surface area contributed by atoms with Crippen molar-refractivity contribution in [1.29, 1.82) is 0 Å². The van der Waals surface area contributed by atoms with Gasteiger partial charge in [0.1, 0.15) is 0 Å². The third-order valence-electron chi connectivity index (χ3n) is 5.05. The molecule has 128 valence electrons. The summed E-state index contributed by atoms with van der Waals surface area (Å²) in [5, 5.41) is 0. The van der Waals surface area contributed by atoms with Crippen molar-refractivity contribution in [3.05, 3.63) is 68.5 Å².